The van der Waals surface area contributed by atoms with Gasteiger partial charge in [-0.3, -0.25) is 4.74 Å². The van der Waals surface area contributed by atoms with Gasteiger partial charge in [0.05, 0.1) is 6.61 Å². The van der Waals surface area contributed by atoms with Crippen molar-refractivity contribution >= 4 is 11.8 Å². The molecule has 1 rings (SSSR count). The largest absolute Gasteiger partial charge is 0.522 e. The van der Waals surface area contributed by atoms with Crippen LogP contribution < -0.4 is 5.32 Å². The molecule has 0 fully saturated rings. The first-order valence-electron chi connectivity index (χ1n) is 6.59. The zero-order valence-electron chi connectivity index (χ0n) is 11.7. The highest BCUT2D eigenvalue weighted by Crippen LogP contribution is 2.22. The monoisotopic (exact) mass is 307 g/mol. The average molecular weight is 307 g/mol. The lowest BCUT2D eigenvalue weighted by Gasteiger charge is -2.14. The van der Waals surface area contributed by atoms with Crippen molar-refractivity contribution in [1.29, 1.82) is 0 Å². The molecule has 6 heteroatoms. The molecule has 0 aliphatic heterocycles. The summed E-state index contributed by atoms with van der Waals surface area (Å²) in [6.07, 6.45) is -3.46. The Hall–Kier alpha value is -0.720. The van der Waals surface area contributed by atoms with Crippen molar-refractivity contribution in [2.24, 2.45) is 0 Å². The van der Waals surface area contributed by atoms with E-state index < -0.39 is 6.36 Å². The van der Waals surface area contributed by atoms with Crippen LogP contribution in [0.1, 0.15) is 31.9 Å². The molecule has 0 amide bonds. The van der Waals surface area contributed by atoms with Gasteiger partial charge in [-0.15, -0.1) is 24.9 Å². The summed E-state index contributed by atoms with van der Waals surface area (Å²) in [5, 5.41) is 3.39. The molecule has 0 aliphatic carbocycles. The Morgan fingerprint density at radius 2 is 1.90 bits per heavy atom. The number of thioether (sulfide) groups is 1. The molecule has 0 saturated heterocycles. The molecule has 0 aromatic heterocycles. The highest BCUT2D eigenvalue weighted by atomic mass is 32.2. The van der Waals surface area contributed by atoms with Crippen LogP contribution in [0.15, 0.2) is 29.2 Å². The number of ether oxygens (including phenoxy) is 1. The fourth-order valence-corrected chi connectivity index (χ4v) is 2.38. The van der Waals surface area contributed by atoms with Gasteiger partial charge in [0.15, 0.2) is 0 Å². The van der Waals surface area contributed by atoms with Gasteiger partial charge in [0.25, 0.3) is 0 Å². The summed E-state index contributed by atoms with van der Waals surface area (Å²) in [6, 6.07) is 8.14. The van der Waals surface area contributed by atoms with Crippen LogP contribution in [0.2, 0.25) is 0 Å². The number of hydrogen-bond acceptors (Lipinski definition) is 3. The van der Waals surface area contributed by atoms with Gasteiger partial charge in [0.1, 0.15) is 0 Å². The fourth-order valence-electron chi connectivity index (χ4n) is 1.65. The van der Waals surface area contributed by atoms with Crippen LogP contribution in [0.4, 0.5) is 13.2 Å². The quantitative estimate of drug-likeness (QED) is 0.569. The molecule has 1 unspecified atom stereocenters. The van der Waals surface area contributed by atoms with Gasteiger partial charge in [-0.05, 0) is 37.6 Å². The van der Waals surface area contributed by atoms with Gasteiger partial charge in [-0.1, -0.05) is 19.1 Å². The normalized spacial score (nSPS) is 13.4. The number of rotatable bonds is 8. The first-order valence-corrected chi connectivity index (χ1v) is 7.57. The number of nitrogens with one attached hydrogen (secondary N) is 1. The second-order valence-corrected chi connectivity index (χ2v) is 5.56. The Kier molecular flexibility index (Phi) is 7.40. The van der Waals surface area contributed by atoms with Gasteiger partial charge in [-0.25, -0.2) is 0 Å². The maximum atomic E-state index is 11.8. The summed E-state index contributed by atoms with van der Waals surface area (Å²) in [5.41, 5.74) is 1.18. The number of hydrogen-bond donors (Lipinski definition) is 1. The molecule has 20 heavy (non-hydrogen) atoms. The highest BCUT2D eigenvalue weighted by Gasteiger charge is 2.28. The molecule has 2 nitrogen and oxygen atoms in total. The van der Waals surface area contributed by atoms with Crippen LogP contribution >= 0.6 is 11.8 Å². The molecule has 0 heterocycles. The van der Waals surface area contributed by atoms with E-state index >= 15 is 0 Å². The molecule has 0 aliphatic rings. The van der Waals surface area contributed by atoms with E-state index in [1.807, 2.05) is 24.3 Å². The molecule has 1 aromatic carbocycles. The lowest BCUT2D eigenvalue weighted by molar-refractivity contribution is -0.322. The minimum Gasteiger partial charge on any atom is -0.310 e. The second kappa shape index (κ2) is 8.54. The van der Waals surface area contributed by atoms with E-state index in [1.54, 1.807) is 0 Å². The fraction of sp³-hybridized carbons (Fsp3) is 0.571. The molecular formula is C14H20F3NOS. The second-order valence-electron chi connectivity index (χ2n) is 4.39. The first kappa shape index (κ1) is 17.3. The van der Waals surface area contributed by atoms with E-state index in [2.05, 4.69) is 23.9 Å². The molecule has 0 saturated carbocycles. The Morgan fingerprint density at radius 1 is 1.25 bits per heavy atom. The Morgan fingerprint density at radius 3 is 2.45 bits per heavy atom. The van der Waals surface area contributed by atoms with Crippen molar-refractivity contribution in [3.63, 3.8) is 0 Å². The summed E-state index contributed by atoms with van der Waals surface area (Å²) in [4.78, 5) is 0.946. The number of halogens is 3. The molecule has 1 aromatic rings. The van der Waals surface area contributed by atoms with Crippen molar-refractivity contribution in [1.82, 2.24) is 5.32 Å². The lowest BCUT2D eigenvalue weighted by atomic mass is 10.1. The zero-order chi connectivity index (χ0) is 15.0. The van der Waals surface area contributed by atoms with Crippen LogP contribution in [-0.4, -0.2) is 25.3 Å². The number of alkyl halides is 3. The first-order chi connectivity index (χ1) is 9.42. The lowest BCUT2D eigenvalue weighted by Crippen LogP contribution is -2.19. The number of benzene rings is 1. The predicted molar refractivity (Wildman–Crippen MR) is 75.9 cm³/mol. The Balaban J connectivity index is 2.35. The smallest absolute Gasteiger partial charge is 0.310 e. The van der Waals surface area contributed by atoms with E-state index in [-0.39, 0.29) is 18.4 Å². The van der Waals surface area contributed by atoms with E-state index in [0.29, 0.717) is 0 Å². The van der Waals surface area contributed by atoms with Crippen LogP contribution in [-0.2, 0) is 4.74 Å². The van der Waals surface area contributed by atoms with Gasteiger partial charge in [0.2, 0.25) is 0 Å². The maximum absolute atomic E-state index is 11.8. The van der Waals surface area contributed by atoms with Crippen molar-refractivity contribution in [2.45, 2.75) is 37.6 Å². The van der Waals surface area contributed by atoms with Crippen molar-refractivity contribution in [3.8, 4) is 0 Å². The van der Waals surface area contributed by atoms with E-state index in [4.69, 9.17) is 0 Å². The maximum Gasteiger partial charge on any atom is 0.522 e. The zero-order valence-corrected chi connectivity index (χ0v) is 12.5. The van der Waals surface area contributed by atoms with Gasteiger partial charge in [-0.2, -0.15) is 0 Å². The molecular weight excluding hydrogens is 287 g/mol. The van der Waals surface area contributed by atoms with Gasteiger partial charge >= 0.3 is 6.36 Å². The van der Waals surface area contributed by atoms with Crippen LogP contribution in [0, 0.1) is 0 Å². The SMILES string of the molecule is CCCNC(C)c1ccc(SCCOC(F)(F)F)cc1. The minimum atomic E-state index is -4.54. The van der Waals surface area contributed by atoms with Crippen molar-refractivity contribution in [3.05, 3.63) is 29.8 Å². The molecule has 0 bridgehead atoms. The van der Waals surface area contributed by atoms with E-state index in [0.717, 1.165) is 17.9 Å². The minimum absolute atomic E-state index is 0.280. The van der Waals surface area contributed by atoms with Crippen LogP contribution in [0.25, 0.3) is 0 Å². The average Bonchev–Trinajstić information content (AvgIpc) is 2.40. The molecule has 0 radical (unpaired) electrons. The summed E-state index contributed by atoms with van der Waals surface area (Å²) in [6.45, 7) is 4.84. The summed E-state index contributed by atoms with van der Waals surface area (Å²) < 4.78 is 39.1. The topological polar surface area (TPSA) is 21.3 Å². The highest BCUT2D eigenvalue weighted by molar-refractivity contribution is 7.99. The molecule has 1 atom stereocenters. The van der Waals surface area contributed by atoms with E-state index in [9.17, 15) is 13.2 Å². The third-order valence-electron chi connectivity index (χ3n) is 2.70. The van der Waals surface area contributed by atoms with Gasteiger partial charge in [0, 0.05) is 16.7 Å². The van der Waals surface area contributed by atoms with Crippen molar-refractivity contribution < 1.29 is 17.9 Å². The van der Waals surface area contributed by atoms with E-state index in [1.165, 1.54) is 17.3 Å². The summed E-state index contributed by atoms with van der Waals surface area (Å²) in [5.74, 6) is 0.280. The molecule has 0 spiro atoms. The third kappa shape index (κ3) is 7.17. The summed E-state index contributed by atoms with van der Waals surface area (Å²) >= 11 is 1.35. The van der Waals surface area contributed by atoms with Gasteiger partial charge < -0.3 is 5.32 Å². The molecule has 1 N–H and O–H groups in total. The Labute approximate surface area is 122 Å². The Bertz CT molecular complexity index is 381. The van der Waals surface area contributed by atoms with Crippen molar-refractivity contribution in [2.75, 3.05) is 18.9 Å². The molecule has 114 valence electrons. The summed E-state index contributed by atoms with van der Waals surface area (Å²) in [7, 11) is 0. The predicted octanol–water partition coefficient (Wildman–Crippen LogP) is 4.38. The van der Waals surface area contributed by atoms with Crippen LogP contribution in [0.3, 0.4) is 0 Å². The standard InChI is InChI=1S/C14H20F3NOS/c1-3-8-18-11(2)12-4-6-13(7-5-12)20-10-9-19-14(15,16)17/h4-7,11,18H,3,8-10H2,1-2H3. The third-order valence-corrected chi connectivity index (χ3v) is 3.67. The van der Waals surface area contributed by atoms with Crippen LogP contribution in [0.5, 0.6) is 0 Å².